The molecule has 3 aromatic rings. The molecule has 2 aliphatic rings. The molecule has 9 heteroatoms. The molecule has 3 heterocycles. The lowest BCUT2D eigenvalue weighted by Crippen LogP contribution is -2.47. The van der Waals surface area contributed by atoms with Crippen molar-refractivity contribution in [1.29, 1.82) is 0 Å². The Morgan fingerprint density at radius 1 is 1.03 bits per heavy atom. The molecular formula is C23H19F3N4O2. The van der Waals surface area contributed by atoms with Crippen LogP contribution in [0.5, 0.6) is 5.88 Å². The maximum Gasteiger partial charge on any atom is 0.417 e. The van der Waals surface area contributed by atoms with Crippen molar-refractivity contribution in [3.05, 3.63) is 72.2 Å². The van der Waals surface area contributed by atoms with E-state index in [1.165, 1.54) is 6.07 Å². The molecule has 2 aromatic heterocycles. The van der Waals surface area contributed by atoms with Gasteiger partial charge in [0.2, 0.25) is 5.88 Å². The van der Waals surface area contributed by atoms with E-state index in [1.54, 1.807) is 24.5 Å². The van der Waals surface area contributed by atoms with Crippen LogP contribution in [-0.2, 0) is 6.18 Å². The highest BCUT2D eigenvalue weighted by molar-refractivity contribution is 6.01. The summed E-state index contributed by atoms with van der Waals surface area (Å²) in [6.07, 6.45) is 0.753. The summed E-state index contributed by atoms with van der Waals surface area (Å²) < 4.78 is 44.2. The normalized spacial score (nSPS) is 22.2. The predicted octanol–water partition coefficient (Wildman–Crippen LogP) is 4.24. The number of piperidine rings is 1. The van der Waals surface area contributed by atoms with Crippen LogP contribution in [0.2, 0.25) is 0 Å². The standard InChI is InChI=1S/C23H19F3N4O2/c24-23(25,26)16-5-6-21(27-12-16)32-20-10-14-9-19(20)30(13-14)22(31)18-4-2-1-3-17(18)15-7-8-28-29-11-15/h1-8,11-12,14,19-20H,9-10,13H2/t14-,19+,20-/m1/s1. The summed E-state index contributed by atoms with van der Waals surface area (Å²) in [6.45, 7) is 0.632. The topological polar surface area (TPSA) is 68.2 Å². The molecule has 1 aromatic carbocycles. The van der Waals surface area contributed by atoms with Gasteiger partial charge in [0.25, 0.3) is 5.91 Å². The Bertz CT molecular complexity index is 1120. The zero-order valence-corrected chi connectivity index (χ0v) is 16.9. The van der Waals surface area contributed by atoms with Crippen molar-refractivity contribution in [2.75, 3.05) is 6.54 Å². The molecule has 1 saturated heterocycles. The number of rotatable bonds is 4. The number of aromatic nitrogens is 3. The van der Waals surface area contributed by atoms with E-state index < -0.39 is 11.7 Å². The van der Waals surface area contributed by atoms with Gasteiger partial charge in [0.05, 0.1) is 24.0 Å². The lowest BCUT2D eigenvalue weighted by molar-refractivity contribution is -0.137. The molecule has 0 N–H and O–H groups in total. The van der Waals surface area contributed by atoms with E-state index in [1.807, 2.05) is 23.1 Å². The van der Waals surface area contributed by atoms with Gasteiger partial charge >= 0.3 is 6.18 Å². The van der Waals surface area contributed by atoms with E-state index in [-0.39, 0.29) is 29.9 Å². The minimum absolute atomic E-state index is 0.0985. The fraction of sp³-hybridized carbons (Fsp3) is 0.304. The van der Waals surface area contributed by atoms with Crippen LogP contribution in [0.25, 0.3) is 11.1 Å². The van der Waals surface area contributed by atoms with Crippen LogP contribution >= 0.6 is 0 Å². The van der Waals surface area contributed by atoms with Crippen LogP contribution < -0.4 is 4.74 Å². The first-order chi connectivity index (χ1) is 15.4. The number of halogens is 3. The van der Waals surface area contributed by atoms with Gasteiger partial charge in [-0.3, -0.25) is 4.79 Å². The van der Waals surface area contributed by atoms with E-state index in [0.29, 0.717) is 12.1 Å². The van der Waals surface area contributed by atoms with E-state index in [4.69, 9.17) is 4.74 Å². The molecule has 6 nitrogen and oxygen atoms in total. The van der Waals surface area contributed by atoms with Gasteiger partial charge in [-0.2, -0.15) is 23.4 Å². The summed E-state index contributed by atoms with van der Waals surface area (Å²) in [7, 11) is 0. The molecule has 3 atom stereocenters. The van der Waals surface area contributed by atoms with Gasteiger partial charge in [-0.25, -0.2) is 4.98 Å². The van der Waals surface area contributed by atoms with E-state index in [9.17, 15) is 18.0 Å². The Kier molecular flexibility index (Phi) is 5.03. The van der Waals surface area contributed by atoms with Gasteiger partial charge in [-0.05, 0) is 42.5 Å². The molecule has 0 unspecified atom stereocenters. The van der Waals surface area contributed by atoms with Crippen molar-refractivity contribution in [2.45, 2.75) is 31.2 Å². The fourth-order valence-corrected chi connectivity index (χ4v) is 4.62. The van der Waals surface area contributed by atoms with Crippen molar-refractivity contribution < 1.29 is 22.7 Å². The van der Waals surface area contributed by atoms with Gasteiger partial charge in [0.15, 0.2) is 0 Å². The Balaban J connectivity index is 1.35. The zero-order chi connectivity index (χ0) is 22.3. The van der Waals surface area contributed by atoms with Crippen molar-refractivity contribution in [3.8, 4) is 17.0 Å². The molecular weight excluding hydrogens is 421 g/mol. The summed E-state index contributed by atoms with van der Waals surface area (Å²) in [4.78, 5) is 19.1. The summed E-state index contributed by atoms with van der Waals surface area (Å²) in [5.74, 6) is 0.322. The monoisotopic (exact) mass is 440 g/mol. The SMILES string of the molecule is O=C(c1ccccc1-c1ccnnc1)N1C[C@H]2C[C@@H](Oc3ccc(C(F)(F)F)cn3)[C@@H]1C2. The highest BCUT2D eigenvalue weighted by Gasteiger charge is 2.48. The predicted molar refractivity (Wildman–Crippen MR) is 109 cm³/mol. The fourth-order valence-electron chi connectivity index (χ4n) is 4.62. The summed E-state index contributed by atoms with van der Waals surface area (Å²) in [6, 6.07) is 11.2. The second-order valence-corrected chi connectivity index (χ2v) is 8.08. The van der Waals surface area contributed by atoms with Crippen LogP contribution in [-0.4, -0.2) is 44.7 Å². The lowest BCUT2D eigenvalue weighted by atomic mass is 9.99. The number of benzene rings is 1. The number of hydrogen-bond acceptors (Lipinski definition) is 5. The zero-order valence-electron chi connectivity index (χ0n) is 16.9. The number of fused-ring (bicyclic) bond motifs is 2. The number of likely N-dealkylation sites (tertiary alicyclic amines) is 1. The molecule has 1 amide bonds. The second kappa shape index (κ2) is 7.89. The van der Waals surface area contributed by atoms with Crippen LogP contribution in [0.15, 0.2) is 61.1 Å². The first-order valence-electron chi connectivity index (χ1n) is 10.3. The number of carbonyl (C=O) groups is 1. The number of ether oxygens (including phenoxy) is 1. The average Bonchev–Trinajstić information content (AvgIpc) is 3.40. The van der Waals surface area contributed by atoms with Crippen molar-refractivity contribution in [2.24, 2.45) is 5.92 Å². The number of amides is 1. The maximum absolute atomic E-state index is 13.5. The molecule has 164 valence electrons. The third-order valence-electron chi connectivity index (χ3n) is 6.07. The molecule has 0 radical (unpaired) electrons. The minimum Gasteiger partial charge on any atom is -0.472 e. The van der Waals surface area contributed by atoms with Gasteiger partial charge in [0.1, 0.15) is 6.10 Å². The third-order valence-corrected chi connectivity index (χ3v) is 6.07. The minimum atomic E-state index is -4.45. The lowest BCUT2D eigenvalue weighted by Gasteiger charge is -2.33. The molecule has 1 aliphatic heterocycles. The molecule has 32 heavy (non-hydrogen) atoms. The quantitative estimate of drug-likeness (QED) is 0.607. The van der Waals surface area contributed by atoms with Gasteiger partial charge in [0, 0.05) is 29.9 Å². The van der Waals surface area contributed by atoms with E-state index in [0.717, 1.165) is 36.2 Å². The summed E-state index contributed by atoms with van der Waals surface area (Å²) in [5.41, 5.74) is 1.32. The largest absolute Gasteiger partial charge is 0.472 e. The number of alkyl halides is 3. The molecule has 2 bridgehead atoms. The molecule has 1 aliphatic carbocycles. The van der Waals surface area contributed by atoms with Crippen LogP contribution in [0.1, 0.15) is 28.8 Å². The van der Waals surface area contributed by atoms with Gasteiger partial charge in [-0.1, -0.05) is 18.2 Å². The first kappa shape index (κ1) is 20.4. The third kappa shape index (κ3) is 3.79. The Labute approximate surface area is 182 Å². The molecule has 2 fully saturated rings. The van der Waals surface area contributed by atoms with E-state index >= 15 is 0 Å². The van der Waals surface area contributed by atoms with Gasteiger partial charge in [-0.15, -0.1) is 0 Å². The molecule has 0 spiro atoms. The number of nitrogens with zero attached hydrogens (tertiary/aromatic N) is 4. The second-order valence-electron chi connectivity index (χ2n) is 8.08. The number of hydrogen-bond donors (Lipinski definition) is 0. The summed E-state index contributed by atoms with van der Waals surface area (Å²) in [5, 5.41) is 7.70. The van der Waals surface area contributed by atoms with Crippen LogP contribution in [0.4, 0.5) is 13.2 Å². The van der Waals surface area contributed by atoms with Crippen molar-refractivity contribution in [1.82, 2.24) is 20.1 Å². The smallest absolute Gasteiger partial charge is 0.417 e. The average molecular weight is 440 g/mol. The van der Waals surface area contributed by atoms with E-state index in [2.05, 4.69) is 15.2 Å². The highest BCUT2D eigenvalue weighted by Crippen LogP contribution is 2.41. The number of carbonyl (C=O) groups excluding carboxylic acids is 1. The van der Waals surface area contributed by atoms with Crippen LogP contribution in [0.3, 0.4) is 0 Å². The van der Waals surface area contributed by atoms with Crippen molar-refractivity contribution >= 4 is 5.91 Å². The summed E-state index contributed by atoms with van der Waals surface area (Å²) >= 11 is 0. The van der Waals surface area contributed by atoms with Gasteiger partial charge < -0.3 is 9.64 Å². The van der Waals surface area contributed by atoms with Crippen molar-refractivity contribution in [3.63, 3.8) is 0 Å². The Hall–Kier alpha value is -3.49. The maximum atomic E-state index is 13.5. The Morgan fingerprint density at radius 3 is 2.56 bits per heavy atom. The Morgan fingerprint density at radius 2 is 1.88 bits per heavy atom. The molecule has 1 saturated carbocycles. The highest BCUT2D eigenvalue weighted by atomic mass is 19.4. The first-order valence-corrected chi connectivity index (χ1v) is 10.3. The number of pyridine rings is 1. The van der Waals surface area contributed by atoms with Crippen LogP contribution in [0, 0.1) is 5.92 Å². The molecule has 5 rings (SSSR count).